The van der Waals surface area contributed by atoms with Gasteiger partial charge >= 0.3 is 5.97 Å². The molecular formula is C91H91F12N17O19. The number of esters is 1. The van der Waals surface area contributed by atoms with Crippen LogP contribution in [0.15, 0.2) is 146 Å². The van der Waals surface area contributed by atoms with Crippen molar-refractivity contribution in [3.63, 3.8) is 0 Å². The van der Waals surface area contributed by atoms with Crippen LogP contribution in [-0.4, -0.2) is 234 Å². The fourth-order valence-corrected chi connectivity index (χ4v) is 15.0. The lowest BCUT2D eigenvalue weighted by Gasteiger charge is -2.37. The molecule has 36 nitrogen and oxygen atoms in total. The molecule has 0 saturated carbocycles. The number of pyridine rings is 6. The smallest absolute Gasteiger partial charge is 0.312 e. The fraction of sp³-hybridized carbons (Fsp3) is 0.341. The molecule has 3 saturated heterocycles. The molecule has 16 N–H and O–H groups in total. The first-order valence-electron chi connectivity index (χ1n) is 42.4. The summed E-state index contributed by atoms with van der Waals surface area (Å²) in [7, 11) is 1.31. The Kier molecular flexibility index (Phi) is 35.7. The third-order valence-corrected chi connectivity index (χ3v) is 22.9. The topological polar surface area (TPSA) is 536 Å². The third kappa shape index (κ3) is 26.1. The summed E-state index contributed by atoms with van der Waals surface area (Å²) in [4.78, 5) is 181. The van der Waals surface area contributed by atoms with Crippen molar-refractivity contribution in [1.82, 2.24) is 88.0 Å². The summed E-state index contributed by atoms with van der Waals surface area (Å²) in [6.45, 7) is 7.59. The van der Waals surface area contributed by atoms with E-state index in [2.05, 4.69) is 83.1 Å². The highest BCUT2D eigenvalue weighted by molar-refractivity contribution is 6.01. The molecule has 3 aliphatic rings. The van der Waals surface area contributed by atoms with Crippen LogP contribution in [0.3, 0.4) is 0 Å². The number of benzene rings is 3. The summed E-state index contributed by atoms with van der Waals surface area (Å²) in [5.41, 5.74) is -2.99. The van der Waals surface area contributed by atoms with Crippen molar-refractivity contribution in [3.05, 3.63) is 267 Å². The van der Waals surface area contributed by atoms with Gasteiger partial charge < -0.3 is 93.4 Å². The van der Waals surface area contributed by atoms with Gasteiger partial charge in [-0.1, -0.05) is 105 Å². The fourth-order valence-electron chi connectivity index (χ4n) is 15.0. The number of aliphatic hydroxyl groups is 3. The second kappa shape index (κ2) is 46.9. The highest BCUT2D eigenvalue weighted by Crippen LogP contribution is 2.29. The zero-order chi connectivity index (χ0) is 102. The van der Waals surface area contributed by atoms with E-state index < -0.39 is 320 Å². The molecule has 11 amide bonds. The van der Waals surface area contributed by atoms with Crippen molar-refractivity contribution in [2.45, 2.75) is 171 Å². The first-order chi connectivity index (χ1) is 65.8. The van der Waals surface area contributed by atoms with Crippen LogP contribution in [0.4, 0.5) is 52.7 Å². The molecule has 3 unspecified atom stereocenters. The van der Waals surface area contributed by atoms with E-state index in [1.807, 2.05) is 0 Å². The van der Waals surface area contributed by atoms with Crippen molar-refractivity contribution in [2.24, 2.45) is 17.8 Å². The Balaban J connectivity index is 0.000000215. The van der Waals surface area contributed by atoms with Crippen LogP contribution in [0.1, 0.15) is 106 Å². The molecule has 18 atom stereocenters. The number of rotatable bonds is 18. The van der Waals surface area contributed by atoms with Gasteiger partial charge in [-0.3, -0.25) is 57.5 Å². The number of aromatic hydroxyl groups is 3. The predicted octanol–water partition coefficient (Wildman–Crippen LogP) is 3.19. The minimum Gasteiger partial charge on any atom is -0.505 e. The van der Waals surface area contributed by atoms with Gasteiger partial charge in [0.1, 0.15) is 47.5 Å². The maximum absolute atomic E-state index is 14.7. The lowest BCUT2D eigenvalue weighted by molar-refractivity contribution is -0.164. The second-order valence-corrected chi connectivity index (χ2v) is 32.6. The summed E-state index contributed by atoms with van der Waals surface area (Å²) in [5, 5.41) is 88.2. The Morgan fingerprint density at radius 1 is 0.353 bits per heavy atom. The van der Waals surface area contributed by atoms with Crippen LogP contribution >= 0.6 is 0 Å². The molecule has 6 aromatic heterocycles. The minimum absolute atomic E-state index is 0.00411. The molecule has 9 heterocycles. The van der Waals surface area contributed by atoms with E-state index in [9.17, 15) is 141 Å². The number of hydrogen-bond donors (Lipinski definition) is 16. The first-order valence-corrected chi connectivity index (χ1v) is 42.4. The Labute approximate surface area is 781 Å². The molecule has 9 aromatic rings. The number of cyclic esters (lactones) is 1. The van der Waals surface area contributed by atoms with Gasteiger partial charge in [-0.25, -0.2) is 28.1 Å². The lowest BCUT2D eigenvalue weighted by Crippen LogP contribution is -2.64. The Morgan fingerprint density at radius 3 is 1.02 bits per heavy atom. The number of aliphatic hydroxyl groups excluding tert-OH is 3. The van der Waals surface area contributed by atoms with Crippen LogP contribution < -0.4 is 53.2 Å². The maximum Gasteiger partial charge on any atom is 0.312 e. The monoisotopic (exact) mass is 1950 g/mol. The minimum atomic E-state index is -2.11. The van der Waals surface area contributed by atoms with E-state index in [-0.39, 0.29) is 19.3 Å². The number of ether oxygens (including phenoxy) is 1. The zero-order valence-electron chi connectivity index (χ0n) is 74.1. The SMILES string of the molecule is C[C@H]1NC(=O)C(Cc2ccccc2)N(C)C(=O)[C@H](C)[C@H](O)[C@H](Cc2c(F)nc(F)c(F)c2F)NC(=O)[C@H]1NC(=O)c1ncccc1O.C[C@H]1NC(=O)C(Cc2ccccc2)NC(=O)[C@H](C)[C@H](O)[C@H](Cc2c(F)nc(F)c(F)c2F)NC(=O)[C@H]1NC(=O)c1ncccc1O.C[C@H]1NC(=O)C(Cc2ccccc2)OC(=O)[C@H](C)[C@H](O)[C@H](Cc2c(F)nc(F)c(F)c2F)NC(=O)[C@H]1NC(=O)c1ncccc1O. The maximum atomic E-state index is 14.7. The molecular weight excluding hydrogens is 1860 g/mol. The molecule has 3 aliphatic heterocycles. The van der Waals surface area contributed by atoms with Crippen LogP contribution in [0.5, 0.6) is 17.2 Å². The highest BCUT2D eigenvalue weighted by Gasteiger charge is 2.46. The lowest BCUT2D eigenvalue weighted by atomic mass is 9.90. The number of carbonyl (C=O) groups is 12. The first kappa shape index (κ1) is 106. The van der Waals surface area contributed by atoms with Gasteiger partial charge in [0, 0.05) is 80.9 Å². The van der Waals surface area contributed by atoms with Gasteiger partial charge in [-0.05, 0) is 80.8 Å². The van der Waals surface area contributed by atoms with E-state index in [1.165, 1.54) is 84.5 Å². The molecule has 3 aromatic carbocycles. The van der Waals surface area contributed by atoms with E-state index >= 15 is 0 Å². The summed E-state index contributed by atoms with van der Waals surface area (Å²) in [6, 6.07) is 16.5. The molecule has 738 valence electrons. The zero-order valence-corrected chi connectivity index (χ0v) is 74.1. The standard InChI is InChI=1S/C31H32F4N6O6.C30H30F4N6O6.C30H29F4N5O7/c1-14-25(43)18(13-17-21(32)22(33)27(35)40-26(17)34)38-29(45)23(39-30(46)24-20(42)10-7-11-36-24)15(2)37-28(44)19(41(3)31(14)47)12-16-8-5-4-6-9-16;1-13-24(42)17(12-16-20(31)21(32)26(34)40-25(16)33)37-29(45)22(39-30(46)23-19(41)9-6-10-35-23)14(2)36-28(44)18(38-27(13)43)11-15-7-4-3-5-8-15;1-13-24(41)17(12-16-20(31)21(32)26(34)39-25(16)33)37-28(43)22(38-29(44)23-18(40)9-6-10-35-23)14(2)36-27(42)19(46-30(13)45)11-15-7-4-3-5-8-15/h4-11,14-15,18-19,23,25,42-43H,12-13H2,1-3H3,(H,37,44)(H,38,45)(H,39,46);3-10,13-14,17-18,22,24,41-42H,11-12H2,1-2H3,(H,36,44)(H,37,45)(H,38,43)(H,39,46);3-10,13-14,17,19,22,24,40-41H,11-12H2,1-2H3,(H,36,42)(H,37,43)(H,38,44)/t14-,15-,18+,19?,23+,25+;13-,14-,17+,18?,22+,24+;13-,14-,17+,19?,22+,24+/m111/s1. The van der Waals surface area contributed by atoms with Crippen LogP contribution in [-0.2, 0) is 86.4 Å². The van der Waals surface area contributed by atoms with Gasteiger partial charge in [0.15, 0.2) is 40.6 Å². The molecule has 0 radical (unpaired) electrons. The van der Waals surface area contributed by atoms with Gasteiger partial charge in [-0.2, -0.15) is 54.5 Å². The quantitative estimate of drug-likeness (QED) is 0.0333. The Hall–Kier alpha value is -15.4. The number of halogens is 12. The van der Waals surface area contributed by atoms with Crippen molar-refractivity contribution < 1.29 is 146 Å². The number of hydrogen-bond acceptors (Lipinski definition) is 25. The summed E-state index contributed by atoms with van der Waals surface area (Å²) < 4.78 is 176. The normalized spacial score (nSPS) is 24.1. The molecule has 48 heteroatoms. The van der Waals surface area contributed by atoms with Gasteiger partial charge in [0.2, 0.25) is 76.6 Å². The van der Waals surface area contributed by atoms with E-state index in [0.29, 0.717) is 16.7 Å². The summed E-state index contributed by atoms with van der Waals surface area (Å²) in [6.07, 6.45) is -6.99. The van der Waals surface area contributed by atoms with Crippen molar-refractivity contribution >= 4 is 70.9 Å². The molecule has 139 heavy (non-hydrogen) atoms. The van der Waals surface area contributed by atoms with Crippen LogP contribution in [0, 0.1) is 88.3 Å². The molecule has 0 bridgehead atoms. The number of amides is 11. The van der Waals surface area contributed by atoms with Crippen molar-refractivity contribution in [3.8, 4) is 17.2 Å². The Morgan fingerprint density at radius 2 is 0.669 bits per heavy atom. The van der Waals surface area contributed by atoms with Gasteiger partial charge in [0.05, 0.1) is 72.3 Å². The van der Waals surface area contributed by atoms with Crippen LogP contribution in [0.25, 0.3) is 0 Å². The van der Waals surface area contributed by atoms with Gasteiger partial charge in [-0.15, -0.1) is 0 Å². The van der Waals surface area contributed by atoms with Crippen molar-refractivity contribution in [2.75, 3.05) is 7.05 Å². The number of carbonyl (C=O) groups excluding carboxylic acids is 12. The average molecular weight is 1950 g/mol. The van der Waals surface area contributed by atoms with Gasteiger partial charge in [0.25, 0.3) is 41.5 Å². The summed E-state index contributed by atoms with van der Waals surface area (Å²) >= 11 is 0. The number of likely N-dealkylation sites (N-methyl/N-ethyl adjacent to an activating group) is 1. The molecule has 0 spiro atoms. The highest BCUT2D eigenvalue weighted by atomic mass is 19.2. The van der Waals surface area contributed by atoms with E-state index in [1.54, 1.807) is 91.0 Å². The van der Waals surface area contributed by atoms with Crippen molar-refractivity contribution in [1.29, 1.82) is 0 Å². The summed E-state index contributed by atoms with van der Waals surface area (Å²) in [5.74, 6) is -41.4. The Bertz CT molecular complexity index is 5830. The predicted molar refractivity (Wildman–Crippen MR) is 458 cm³/mol. The number of aromatic nitrogens is 6. The van der Waals surface area contributed by atoms with Crippen LogP contribution in [0.2, 0.25) is 0 Å². The average Bonchev–Trinajstić information content (AvgIpc) is 0.797. The van der Waals surface area contributed by atoms with E-state index in [0.717, 1.165) is 24.0 Å². The number of nitrogens with zero attached hydrogens (tertiary/aromatic N) is 7. The molecule has 3 fully saturated rings. The molecule has 12 rings (SSSR count). The largest absolute Gasteiger partial charge is 0.505 e. The van der Waals surface area contributed by atoms with E-state index in [4.69, 9.17) is 4.74 Å². The molecule has 0 aliphatic carbocycles. The second-order valence-electron chi connectivity index (χ2n) is 32.6. The third-order valence-electron chi connectivity index (χ3n) is 22.9. The number of nitrogens with one attached hydrogen (secondary N) is 10.